The molecule has 0 saturated heterocycles. The van der Waals surface area contributed by atoms with Crippen LogP contribution in [0.15, 0.2) is 28.7 Å². The molecule has 3 N–H and O–H groups in total. The SMILES string of the molecule is Cc1cc(Br)ccc1Nc1nc(N)c(Cl)cc1Cl. The Bertz CT molecular complexity index is 602. The molecule has 0 spiro atoms. The highest BCUT2D eigenvalue weighted by Gasteiger charge is 2.08. The van der Waals surface area contributed by atoms with Crippen molar-refractivity contribution in [2.75, 3.05) is 11.1 Å². The summed E-state index contributed by atoms with van der Waals surface area (Å²) in [6, 6.07) is 7.43. The van der Waals surface area contributed by atoms with Crippen LogP contribution in [-0.2, 0) is 0 Å². The van der Waals surface area contributed by atoms with E-state index < -0.39 is 0 Å². The summed E-state index contributed by atoms with van der Waals surface area (Å²) in [4.78, 5) is 4.12. The minimum absolute atomic E-state index is 0.248. The highest BCUT2D eigenvalue weighted by atomic mass is 79.9. The second-order valence-corrected chi connectivity index (χ2v) is 5.50. The average molecular weight is 347 g/mol. The molecule has 0 fully saturated rings. The Morgan fingerprint density at radius 1 is 1.22 bits per heavy atom. The molecule has 0 aliphatic rings. The van der Waals surface area contributed by atoms with Gasteiger partial charge in [-0.1, -0.05) is 39.1 Å². The number of aromatic nitrogens is 1. The smallest absolute Gasteiger partial charge is 0.151 e. The van der Waals surface area contributed by atoms with Gasteiger partial charge in [-0.2, -0.15) is 0 Å². The number of rotatable bonds is 2. The van der Waals surface area contributed by atoms with Gasteiger partial charge in [0.25, 0.3) is 0 Å². The summed E-state index contributed by atoms with van der Waals surface area (Å²) in [6.07, 6.45) is 0. The Balaban J connectivity index is 2.37. The molecule has 0 atom stereocenters. The van der Waals surface area contributed by atoms with Gasteiger partial charge in [-0.3, -0.25) is 0 Å². The lowest BCUT2D eigenvalue weighted by Crippen LogP contribution is -2.00. The zero-order chi connectivity index (χ0) is 13.3. The maximum atomic E-state index is 6.06. The fourth-order valence-corrected chi connectivity index (χ4v) is 2.34. The Kier molecular flexibility index (Phi) is 4.00. The summed E-state index contributed by atoms with van der Waals surface area (Å²) < 4.78 is 1.01. The van der Waals surface area contributed by atoms with Gasteiger partial charge in [-0.25, -0.2) is 4.98 Å². The quantitative estimate of drug-likeness (QED) is 0.822. The molecule has 3 nitrogen and oxygen atoms in total. The van der Waals surface area contributed by atoms with Crippen LogP contribution in [0.25, 0.3) is 0 Å². The van der Waals surface area contributed by atoms with Crippen molar-refractivity contribution in [1.29, 1.82) is 0 Å². The lowest BCUT2D eigenvalue weighted by atomic mass is 10.2. The van der Waals surface area contributed by atoms with Crippen LogP contribution in [0.3, 0.4) is 0 Å². The van der Waals surface area contributed by atoms with E-state index in [1.165, 1.54) is 0 Å². The standard InChI is InChI=1S/C12H10BrCl2N3/c1-6-4-7(13)2-3-10(6)17-12-9(15)5-8(14)11(16)18-12/h2-5H,1H3,(H3,16,17,18). The van der Waals surface area contributed by atoms with Crippen LogP contribution in [0.2, 0.25) is 10.0 Å². The van der Waals surface area contributed by atoms with Gasteiger partial charge >= 0.3 is 0 Å². The zero-order valence-corrected chi connectivity index (χ0v) is 12.6. The van der Waals surface area contributed by atoms with Gasteiger partial charge in [0.15, 0.2) is 5.82 Å². The fourth-order valence-electron chi connectivity index (χ4n) is 1.46. The molecule has 1 aromatic heterocycles. The molecule has 1 aromatic carbocycles. The van der Waals surface area contributed by atoms with Crippen molar-refractivity contribution >= 4 is 56.5 Å². The molecule has 0 radical (unpaired) electrons. The van der Waals surface area contributed by atoms with Crippen LogP contribution in [0, 0.1) is 6.92 Å². The van der Waals surface area contributed by atoms with E-state index in [2.05, 4.69) is 26.2 Å². The molecule has 0 unspecified atom stereocenters. The van der Waals surface area contributed by atoms with Crippen LogP contribution in [0.5, 0.6) is 0 Å². The van der Waals surface area contributed by atoms with Crippen LogP contribution >= 0.6 is 39.1 Å². The summed E-state index contributed by atoms with van der Waals surface area (Å²) >= 11 is 15.3. The number of halogens is 3. The number of nitrogens with two attached hydrogens (primary N) is 1. The van der Waals surface area contributed by atoms with E-state index in [-0.39, 0.29) is 5.82 Å². The Morgan fingerprint density at radius 2 is 1.94 bits per heavy atom. The van der Waals surface area contributed by atoms with Gasteiger partial charge in [-0.05, 0) is 36.8 Å². The molecule has 1 heterocycles. The monoisotopic (exact) mass is 345 g/mol. The maximum absolute atomic E-state index is 6.06. The summed E-state index contributed by atoms with van der Waals surface area (Å²) in [5.41, 5.74) is 7.63. The van der Waals surface area contributed by atoms with Crippen molar-refractivity contribution in [2.24, 2.45) is 0 Å². The molecular weight excluding hydrogens is 337 g/mol. The van der Waals surface area contributed by atoms with E-state index >= 15 is 0 Å². The third kappa shape index (κ3) is 2.88. The van der Waals surface area contributed by atoms with Gasteiger partial charge in [0, 0.05) is 10.2 Å². The molecule has 0 bridgehead atoms. The number of hydrogen-bond acceptors (Lipinski definition) is 3. The van der Waals surface area contributed by atoms with Crippen LogP contribution in [-0.4, -0.2) is 4.98 Å². The fraction of sp³-hybridized carbons (Fsp3) is 0.0833. The van der Waals surface area contributed by atoms with Gasteiger partial charge < -0.3 is 11.1 Å². The first-order valence-corrected chi connectivity index (χ1v) is 6.67. The number of hydrogen-bond donors (Lipinski definition) is 2. The number of pyridine rings is 1. The van der Waals surface area contributed by atoms with E-state index in [0.29, 0.717) is 15.9 Å². The number of benzene rings is 1. The molecule has 0 aliphatic heterocycles. The van der Waals surface area contributed by atoms with Crippen molar-refractivity contribution in [3.63, 3.8) is 0 Å². The lowest BCUT2D eigenvalue weighted by molar-refractivity contribution is 1.30. The zero-order valence-electron chi connectivity index (χ0n) is 9.47. The summed E-state index contributed by atoms with van der Waals surface area (Å²) in [5, 5.41) is 3.91. The average Bonchev–Trinajstić information content (AvgIpc) is 2.29. The predicted molar refractivity (Wildman–Crippen MR) is 80.8 cm³/mol. The van der Waals surface area contributed by atoms with Gasteiger partial charge in [0.1, 0.15) is 5.82 Å². The van der Waals surface area contributed by atoms with Crippen LogP contribution < -0.4 is 11.1 Å². The minimum Gasteiger partial charge on any atom is -0.382 e. The summed E-state index contributed by atoms with van der Waals surface area (Å²) in [7, 11) is 0. The van der Waals surface area contributed by atoms with Crippen molar-refractivity contribution in [1.82, 2.24) is 4.98 Å². The molecule has 94 valence electrons. The first kappa shape index (κ1) is 13.5. The molecule has 0 aliphatic carbocycles. The summed E-state index contributed by atoms with van der Waals surface area (Å²) in [5.74, 6) is 0.738. The number of anilines is 3. The van der Waals surface area contributed by atoms with Crippen LogP contribution in [0.1, 0.15) is 5.56 Å². The summed E-state index contributed by atoms with van der Waals surface area (Å²) in [6.45, 7) is 1.99. The van der Waals surface area contributed by atoms with Crippen molar-refractivity contribution < 1.29 is 0 Å². The molecule has 6 heteroatoms. The Hall–Kier alpha value is -0.970. The lowest BCUT2D eigenvalue weighted by Gasteiger charge is -2.11. The largest absolute Gasteiger partial charge is 0.382 e. The third-order valence-corrected chi connectivity index (χ3v) is 3.48. The number of nitrogen functional groups attached to an aromatic ring is 1. The van der Waals surface area contributed by atoms with Crippen LogP contribution in [0.4, 0.5) is 17.3 Å². The number of nitrogens with one attached hydrogen (secondary N) is 1. The van der Waals surface area contributed by atoms with E-state index in [0.717, 1.165) is 15.7 Å². The topological polar surface area (TPSA) is 50.9 Å². The van der Waals surface area contributed by atoms with E-state index in [1.54, 1.807) is 6.07 Å². The molecule has 0 saturated carbocycles. The third-order valence-electron chi connectivity index (χ3n) is 2.40. The van der Waals surface area contributed by atoms with Gasteiger partial charge in [0.05, 0.1) is 10.0 Å². The highest BCUT2D eigenvalue weighted by Crippen LogP contribution is 2.31. The highest BCUT2D eigenvalue weighted by molar-refractivity contribution is 9.10. The van der Waals surface area contributed by atoms with Crippen molar-refractivity contribution in [3.8, 4) is 0 Å². The Labute approximate surface area is 123 Å². The van der Waals surface area contributed by atoms with Gasteiger partial charge in [-0.15, -0.1) is 0 Å². The number of nitrogens with zero attached hydrogens (tertiary/aromatic N) is 1. The Morgan fingerprint density at radius 3 is 2.61 bits per heavy atom. The second-order valence-electron chi connectivity index (χ2n) is 3.77. The molecule has 2 rings (SSSR count). The van der Waals surface area contributed by atoms with E-state index in [4.69, 9.17) is 28.9 Å². The molecule has 0 amide bonds. The first-order valence-electron chi connectivity index (χ1n) is 5.12. The second kappa shape index (κ2) is 5.34. The number of aryl methyl sites for hydroxylation is 1. The predicted octanol–water partition coefficient (Wildman–Crippen LogP) is 4.79. The van der Waals surface area contributed by atoms with Crippen molar-refractivity contribution in [3.05, 3.63) is 44.3 Å². The van der Waals surface area contributed by atoms with E-state index in [1.807, 2.05) is 25.1 Å². The molecule has 2 aromatic rings. The van der Waals surface area contributed by atoms with Crippen molar-refractivity contribution in [2.45, 2.75) is 6.92 Å². The first-order chi connectivity index (χ1) is 8.47. The van der Waals surface area contributed by atoms with E-state index in [9.17, 15) is 0 Å². The molecule has 18 heavy (non-hydrogen) atoms. The normalized spacial score (nSPS) is 10.4. The maximum Gasteiger partial charge on any atom is 0.151 e. The van der Waals surface area contributed by atoms with Gasteiger partial charge in [0.2, 0.25) is 0 Å². The minimum atomic E-state index is 0.248. The molecular formula is C12H10BrCl2N3.